The Morgan fingerprint density at radius 1 is 0.340 bits per heavy atom. The fourth-order valence-electron chi connectivity index (χ4n) is 8.28. The van der Waals surface area contributed by atoms with E-state index in [9.17, 15) is 5.48 Å². The molecule has 0 saturated carbocycles. The van der Waals surface area contributed by atoms with Crippen molar-refractivity contribution < 1.29 is 12.6 Å². The zero-order valence-corrected chi connectivity index (χ0v) is 28.4. The molecule has 0 bridgehead atoms. The Kier molecular flexibility index (Phi) is 5.40. The van der Waals surface area contributed by atoms with E-state index in [1.54, 1.807) is 0 Å². The molecule has 0 radical (unpaired) electrons. The average Bonchev–Trinajstić information content (AvgIpc) is 3.66. The highest BCUT2D eigenvalue weighted by Crippen LogP contribution is 2.47. The van der Waals surface area contributed by atoms with Crippen LogP contribution >= 0.6 is 0 Å². The summed E-state index contributed by atoms with van der Waals surface area (Å²) in [6, 6.07) is 50.8. The molecule has 53 heavy (non-hydrogen) atoms. The molecule has 0 aliphatic heterocycles. The second-order valence-electron chi connectivity index (χ2n) is 13.5. The minimum absolute atomic E-state index is 0.133. The summed E-state index contributed by atoms with van der Waals surface area (Å²) in [6.45, 7) is 0. The van der Waals surface area contributed by atoms with Crippen molar-refractivity contribution >= 4 is 65.0 Å². The Bertz CT molecular complexity index is 3510. The van der Waals surface area contributed by atoms with Crippen LogP contribution in [0.25, 0.3) is 110 Å². The van der Waals surface area contributed by atoms with Crippen molar-refractivity contribution in [2.45, 2.75) is 0 Å². The number of furan rings is 1. The standard InChI is InChI=1S/C52H32O/c1-2-15-34(16-3-1)50-42-21-8-10-23-44(42)51(45-24-11-9-22-43(45)50)46-31-30-40(38-19-6-7-20-39(38)46)47-26-13-27-48-41-29-28-35(32-49(41)53-52(47)48)37-25-12-17-33-14-4-5-18-36(33)37/h1-32H/i6D,7D,19D,20D,30D,31D. The molecule has 0 aliphatic rings. The Morgan fingerprint density at radius 3 is 1.66 bits per heavy atom. The largest absolute Gasteiger partial charge is 0.455 e. The molecular weight excluding hydrogens is 641 g/mol. The van der Waals surface area contributed by atoms with E-state index in [4.69, 9.17) is 7.16 Å². The predicted molar refractivity (Wildman–Crippen MR) is 225 cm³/mol. The third-order valence-corrected chi connectivity index (χ3v) is 10.6. The summed E-state index contributed by atoms with van der Waals surface area (Å²) in [6.07, 6.45) is 0. The third-order valence-electron chi connectivity index (χ3n) is 10.6. The lowest BCUT2D eigenvalue weighted by Crippen LogP contribution is -1.92. The van der Waals surface area contributed by atoms with Crippen LogP contribution in [0.1, 0.15) is 8.22 Å². The number of rotatable bonds is 4. The van der Waals surface area contributed by atoms with Crippen LogP contribution in [0.5, 0.6) is 0 Å². The van der Waals surface area contributed by atoms with Crippen molar-refractivity contribution in [1.29, 1.82) is 0 Å². The Labute approximate surface area is 315 Å². The first-order valence-corrected chi connectivity index (χ1v) is 17.8. The third kappa shape index (κ3) is 4.58. The van der Waals surface area contributed by atoms with Crippen molar-refractivity contribution in [3.05, 3.63) is 194 Å². The molecule has 246 valence electrons. The summed E-state index contributed by atoms with van der Waals surface area (Å²) >= 11 is 0. The van der Waals surface area contributed by atoms with Crippen LogP contribution in [0, 0.1) is 0 Å². The number of hydrogen-bond donors (Lipinski definition) is 0. The van der Waals surface area contributed by atoms with Crippen LogP contribution in [0.15, 0.2) is 198 Å². The first-order valence-electron chi connectivity index (χ1n) is 20.8. The molecule has 1 nitrogen and oxygen atoms in total. The molecule has 11 rings (SSSR count). The zero-order chi connectivity index (χ0) is 40.1. The van der Waals surface area contributed by atoms with Crippen LogP contribution in [0.2, 0.25) is 0 Å². The quantitative estimate of drug-likeness (QED) is 0.169. The molecule has 1 heteroatoms. The van der Waals surface area contributed by atoms with Gasteiger partial charge in [-0.1, -0.05) is 182 Å². The van der Waals surface area contributed by atoms with Gasteiger partial charge < -0.3 is 4.42 Å². The maximum atomic E-state index is 9.90. The van der Waals surface area contributed by atoms with Gasteiger partial charge in [0.05, 0.1) is 8.22 Å². The molecule has 1 heterocycles. The monoisotopic (exact) mass is 678 g/mol. The average molecular weight is 679 g/mol. The van der Waals surface area contributed by atoms with Crippen molar-refractivity contribution in [2.24, 2.45) is 0 Å². The number of para-hydroxylation sites is 1. The Balaban J connectivity index is 1.24. The highest BCUT2D eigenvalue weighted by atomic mass is 16.3. The van der Waals surface area contributed by atoms with E-state index in [-0.39, 0.29) is 40.5 Å². The highest BCUT2D eigenvalue weighted by Gasteiger charge is 2.20. The lowest BCUT2D eigenvalue weighted by atomic mass is 9.84. The van der Waals surface area contributed by atoms with Crippen LogP contribution in [-0.4, -0.2) is 0 Å². The zero-order valence-electron chi connectivity index (χ0n) is 34.4. The van der Waals surface area contributed by atoms with E-state index >= 15 is 0 Å². The van der Waals surface area contributed by atoms with Crippen molar-refractivity contribution in [2.75, 3.05) is 0 Å². The molecule has 0 unspecified atom stereocenters. The van der Waals surface area contributed by atoms with Gasteiger partial charge in [0.15, 0.2) is 0 Å². The summed E-state index contributed by atoms with van der Waals surface area (Å²) in [5.41, 5.74) is 6.92. The second kappa shape index (κ2) is 11.8. The molecule has 10 aromatic carbocycles. The maximum Gasteiger partial charge on any atom is 0.143 e. The predicted octanol–water partition coefficient (Wildman–Crippen LogP) is 14.9. The van der Waals surface area contributed by atoms with Gasteiger partial charge in [0.2, 0.25) is 0 Å². The van der Waals surface area contributed by atoms with Gasteiger partial charge in [0, 0.05) is 16.3 Å². The van der Waals surface area contributed by atoms with Crippen molar-refractivity contribution in [3.8, 4) is 44.5 Å². The first-order chi connectivity index (χ1) is 28.8. The second-order valence-corrected chi connectivity index (χ2v) is 13.5. The van der Waals surface area contributed by atoms with Crippen LogP contribution in [-0.2, 0) is 0 Å². The number of benzene rings is 10. The summed E-state index contributed by atoms with van der Waals surface area (Å²) in [4.78, 5) is 0. The molecule has 0 amide bonds. The van der Waals surface area contributed by atoms with Crippen LogP contribution in [0.3, 0.4) is 0 Å². The summed E-state index contributed by atoms with van der Waals surface area (Å²) in [7, 11) is 0. The van der Waals surface area contributed by atoms with E-state index in [2.05, 4.69) is 54.6 Å². The molecule has 0 N–H and O–H groups in total. The van der Waals surface area contributed by atoms with E-state index < -0.39 is 12.1 Å². The molecule has 0 aliphatic carbocycles. The minimum atomic E-state index is -0.405. The fourth-order valence-corrected chi connectivity index (χ4v) is 8.28. The summed E-state index contributed by atoms with van der Waals surface area (Å²) in [5.74, 6) is 0. The molecule has 0 fully saturated rings. The molecule has 0 atom stereocenters. The van der Waals surface area contributed by atoms with E-state index in [1.165, 1.54) is 0 Å². The maximum absolute atomic E-state index is 9.90. The van der Waals surface area contributed by atoms with Crippen molar-refractivity contribution in [1.82, 2.24) is 0 Å². The van der Waals surface area contributed by atoms with E-state index in [0.717, 1.165) is 65.3 Å². The minimum Gasteiger partial charge on any atom is -0.455 e. The highest BCUT2D eigenvalue weighted by molar-refractivity contribution is 6.24. The molecule has 0 spiro atoms. The van der Waals surface area contributed by atoms with Gasteiger partial charge in [0.25, 0.3) is 0 Å². The lowest BCUT2D eigenvalue weighted by Gasteiger charge is -2.19. The van der Waals surface area contributed by atoms with Gasteiger partial charge in [-0.05, 0) is 94.2 Å². The fraction of sp³-hybridized carbons (Fsp3) is 0. The summed E-state index contributed by atoms with van der Waals surface area (Å²) < 4.78 is 63.2. The number of hydrogen-bond acceptors (Lipinski definition) is 1. The summed E-state index contributed by atoms with van der Waals surface area (Å²) in [5, 5.41) is 7.84. The normalized spacial score (nSPS) is 13.4. The van der Waals surface area contributed by atoms with Gasteiger partial charge in [-0.3, -0.25) is 0 Å². The SMILES string of the molecule is [2H]c1c([2H])c([2H])c2c(-c3cccc4c3oc3cc(-c5cccc6ccccc56)ccc34)c([2H])c([2H])c(-c3c4ccccc4c(-c4ccccc4)c4ccccc34)c2c1[2H]. The lowest BCUT2D eigenvalue weighted by molar-refractivity contribution is 0.670. The Morgan fingerprint density at radius 2 is 0.906 bits per heavy atom. The van der Waals surface area contributed by atoms with Crippen LogP contribution in [0.4, 0.5) is 0 Å². The van der Waals surface area contributed by atoms with Crippen LogP contribution < -0.4 is 0 Å². The topological polar surface area (TPSA) is 13.1 Å². The van der Waals surface area contributed by atoms with E-state index in [0.29, 0.717) is 27.9 Å². The molecule has 0 saturated heterocycles. The van der Waals surface area contributed by atoms with Gasteiger partial charge in [-0.2, -0.15) is 0 Å². The smallest absolute Gasteiger partial charge is 0.143 e. The van der Waals surface area contributed by atoms with Crippen molar-refractivity contribution in [3.63, 3.8) is 0 Å². The Hall–Kier alpha value is -6.96. The van der Waals surface area contributed by atoms with Gasteiger partial charge in [-0.25, -0.2) is 0 Å². The number of fused-ring (bicyclic) bond motifs is 7. The molecule has 11 aromatic rings. The van der Waals surface area contributed by atoms with Gasteiger partial charge in [0.1, 0.15) is 11.2 Å². The first kappa shape index (κ1) is 24.3. The molecular formula is C52H32O. The van der Waals surface area contributed by atoms with E-state index in [1.807, 2.05) is 103 Å². The van der Waals surface area contributed by atoms with Gasteiger partial charge >= 0.3 is 0 Å². The van der Waals surface area contributed by atoms with Gasteiger partial charge in [-0.15, -0.1) is 0 Å². The molecule has 1 aromatic heterocycles.